The first-order valence-corrected chi connectivity index (χ1v) is 7.45. The van der Waals surface area contributed by atoms with Crippen LogP contribution in [0.4, 0.5) is 4.39 Å². The molecule has 1 N–H and O–H groups in total. The predicted molar refractivity (Wildman–Crippen MR) is 78.7 cm³/mol. The molecule has 19 heavy (non-hydrogen) atoms. The van der Waals surface area contributed by atoms with Crippen LogP contribution in [0.2, 0.25) is 0 Å². The number of nitrogens with one attached hydrogen (secondary N) is 1. The van der Waals surface area contributed by atoms with Crippen molar-refractivity contribution in [3.63, 3.8) is 0 Å². The van der Waals surface area contributed by atoms with Crippen LogP contribution in [0.3, 0.4) is 0 Å². The van der Waals surface area contributed by atoms with Crippen LogP contribution >= 0.6 is 15.9 Å². The highest BCUT2D eigenvalue weighted by atomic mass is 79.9. The molecular weight excluding hydrogens is 309 g/mol. The predicted octanol–water partition coefficient (Wildman–Crippen LogP) is 4.05. The first kappa shape index (κ1) is 14.9. The molecule has 4 heteroatoms. The van der Waals surface area contributed by atoms with Gasteiger partial charge in [0.25, 0.3) is 0 Å². The van der Waals surface area contributed by atoms with E-state index in [0.29, 0.717) is 12.1 Å². The number of hydrogen-bond acceptors (Lipinski definition) is 2. The van der Waals surface area contributed by atoms with E-state index in [1.165, 1.54) is 6.07 Å². The quantitative estimate of drug-likeness (QED) is 0.883. The number of benzene rings is 1. The first-order chi connectivity index (χ1) is 8.85. The summed E-state index contributed by atoms with van der Waals surface area (Å²) in [6, 6.07) is 5.00. The van der Waals surface area contributed by atoms with Gasteiger partial charge in [0.2, 0.25) is 0 Å². The fraction of sp³-hybridized carbons (Fsp3) is 0.600. The van der Waals surface area contributed by atoms with Crippen molar-refractivity contribution in [2.75, 3.05) is 13.1 Å². The summed E-state index contributed by atoms with van der Waals surface area (Å²) in [7, 11) is 0. The van der Waals surface area contributed by atoms with Crippen LogP contribution in [0.25, 0.3) is 0 Å². The molecule has 1 aromatic rings. The van der Waals surface area contributed by atoms with E-state index in [2.05, 4.69) is 42.0 Å². The van der Waals surface area contributed by atoms with E-state index < -0.39 is 0 Å². The average molecular weight is 330 g/mol. The van der Waals surface area contributed by atoms with Gasteiger partial charge in [-0.1, -0.05) is 36.7 Å². The Kier molecular flexibility index (Phi) is 4.64. The summed E-state index contributed by atoms with van der Waals surface area (Å²) >= 11 is 3.38. The van der Waals surface area contributed by atoms with Gasteiger partial charge in [-0.2, -0.15) is 0 Å². The van der Waals surface area contributed by atoms with Crippen LogP contribution in [0, 0.1) is 11.2 Å². The second-order valence-corrected chi connectivity index (χ2v) is 7.25. The third-order valence-corrected chi connectivity index (χ3v) is 3.70. The molecule has 0 bridgehead atoms. The summed E-state index contributed by atoms with van der Waals surface area (Å²) in [5.41, 5.74) is 0.838. The number of rotatable bonds is 2. The summed E-state index contributed by atoms with van der Waals surface area (Å²) in [6.45, 7) is 8.08. The van der Waals surface area contributed by atoms with Crippen molar-refractivity contribution in [3.05, 3.63) is 34.1 Å². The molecule has 106 valence electrons. The van der Waals surface area contributed by atoms with Gasteiger partial charge in [0.1, 0.15) is 5.82 Å². The third kappa shape index (κ3) is 4.26. The molecule has 1 aliphatic rings. The van der Waals surface area contributed by atoms with Crippen molar-refractivity contribution in [2.24, 2.45) is 5.41 Å². The molecule has 0 spiro atoms. The molecule has 1 fully saturated rings. The molecule has 2 atom stereocenters. The van der Waals surface area contributed by atoms with Gasteiger partial charge in [-0.15, -0.1) is 0 Å². The van der Waals surface area contributed by atoms with E-state index in [1.807, 2.05) is 0 Å². The minimum Gasteiger partial charge on any atom is -0.368 e. The summed E-state index contributed by atoms with van der Waals surface area (Å²) in [6.07, 6.45) is 0.891. The lowest BCUT2D eigenvalue weighted by Crippen LogP contribution is -2.42. The van der Waals surface area contributed by atoms with Crippen LogP contribution in [-0.4, -0.2) is 19.2 Å². The van der Waals surface area contributed by atoms with Gasteiger partial charge in [-0.05, 0) is 30.0 Å². The van der Waals surface area contributed by atoms with Gasteiger partial charge >= 0.3 is 0 Å². The molecule has 0 aromatic heterocycles. The molecule has 1 heterocycles. The zero-order valence-corrected chi connectivity index (χ0v) is 13.3. The zero-order valence-electron chi connectivity index (χ0n) is 11.7. The third-order valence-electron chi connectivity index (χ3n) is 3.20. The van der Waals surface area contributed by atoms with Crippen LogP contribution in [0.15, 0.2) is 22.7 Å². The maximum Gasteiger partial charge on any atom is 0.129 e. The number of ether oxygens (including phenoxy) is 1. The SMILES string of the molecule is CC(C)(C)CC1CNCC(c2cc(Br)ccc2F)O1. The van der Waals surface area contributed by atoms with Crippen molar-refractivity contribution >= 4 is 15.9 Å². The maximum absolute atomic E-state index is 13.9. The number of halogens is 2. The lowest BCUT2D eigenvalue weighted by Gasteiger charge is -2.34. The van der Waals surface area contributed by atoms with Gasteiger partial charge in [-0.25, -0.2) is 4.39 Å². The van der Waals surface area contributed by atoms with Crippen LogP contribution in [0.5, 0.6) is 0 Å². The van der Waals surface area contributed by atoms with E-state index in [4.69, 9.17) is 4.74 Å². The minimum absolute atomic E-state index is 0.136. The van der Waals surface area contributed by atoms with E-state index in [9.17, 15) is 4.39 Å². The molecule has 0 aliphatic carbocycles. The van der Waals surface area contributed by atoms with Crippen molar-refractivity contribution in [1.82, 2.24) is 5.32 Å². The zero-order chi connectivity index (χ0) is 14.0. The standard InChI is InChI=1S/C15H21BrFNO/c1-15(2,3)7-11-8-18-9-14(19-11)12-6-10(16)4-5-13(12)17/h4-6,11,14,18H,7-9H2,1-3H3. The van der Waals surface area contributed by atoms with Crippen molar-refractivity contribution in [3.8, 4) is 0 Å². The Morgan fingerprint density at radius 1 is 1.37 bits per heavy atom. The number of hydrogen-bond donors (Lipinski definition) is 1. The van der Waals surface area contributed by atoms with Crippen LogP contribution in [-0.2, 0) is 4.74 Å². The van der Waals surface area contributed by atoms with Crippen molar-refractivity contribution < 1.29 is 9.13 Å². The Hall–Kier alpha value is -0.450. The molecule has 2 unspecified atom stereocenters. The van der Waals surface area contributed by atoms with Gasteiger partial charge in [-0.3, -0.25) is 0 Å². The van der Waals surface area contributed by atoms with Gasteiger partial charge in [0.05, 0.1) is 12.2 Å². The van der Waals surface area contributed by atoms with Crippen LogP contribution < -0.4 is 5.32 Å². The van der Waals surface area contributed by atoms with Crippen LogP contribution in [0.1, 0.15) is 38.9 Å². The Balaban J connectivity index is 2.10. The van der Waals surface area contributed by atoms with Crippen molar-refractivity contribution in [2.45, 2.75) is 39.4 Å². The normalized spacial score (nSPS) is 24.5. The Labute approximate surface area is 122 Å². The first-order valence-electron chi connectivity index (χ1n) is 6.66. The molecule has 2 rings (SSSR count). The molecule has 1 saturated heterocycles. The summed E-state index contributed by atoms with van der Waals surface area (Å²) < 4.78 is 20.8. The molecule has 0 radical (unpaired) electrons. The maximum atomic E-state index is 13.9. The fourth-order valence-corrected chi connectivity index (χ4v) is 2.83. The van der Waals surface area contributed by atoms with E-state index in [-0.39, 0.29) is 23.4 Å². The van der Waals surface area contributed by atoms with E-state index in [0.717, 1.165) is 17.4 Å². The Morgan fingerprint density at radius 3 is 2.79 bits per heavy atom. The lowest BCUT2D eigenvalue weighted by atomic mass is 9.88. The minimum atomic E-state index is -0.210. The van der Waals surface area contributed by atoms with Gasteiger partial charge in [0.15, 0.2) is 0 Å². The fourth-order valence-electron chi connectivity index (χ4n) is 2.45. The molecule has 1 aliphatic heterocycles. The molecule has 1 aromatic carbocycles. The summed E-state index contributed by atoms with van der Waals surface area (Å²) in [5, 5.41) is 3.35. The van der Waals surface area contributed by atoms with Gasteiger partial charge in [0, 0.05) is 23.1 Å². The molecule has 0 amide bonds. The highest BCUT2D eigenvalue weighted by Crippen LogP contribution is 2.30. The van der Waals surface area contributed by atoms with Crippen molar-refractivity contribution in [1.29, 1.82) is 0 Å². The van der Waals surface area contributed by atoms with Gasteiger partial charge < -0.3 is 10.1 Å². The van der Waals surface area contributed by atoms with E-state index in [1.54, 1.807) is 12.1 Å². The monoisotopic (exact) mass is 329 g/mol. The number of morpholine rings is 1. The second-order valence-electron chi connectivity index (χ2n) is 6.34. The molecule has 2 nitrogen and oxygen atoms in total. The second kappa shape index (κ2) is 5.90. The lowest BCUT2D eigenvalue weighted by molar-refractivity contribution is -0.0565. The molecule has 0 saturated carbocycles. The molecular formula is C15H21BrFNO. The summed E-state index contributed by atoms with van der Waals surface area (Å²) in [5.74, 6) is -0.202. The summed E-state index contributed by atoms with van der Waals surface area (Å²) in [4.78, 5) is 0. The average Bonchev–Trinajstić information content (AvgIpc) is 2.30. The highest BCUT2D eigenvalue weighted by molar-refractivity contribution is 9.10. The Morgan fingerprint density at radius 2 is 2.11 bits per heavy atom. The smallest absolute Gasteiger partial charge is 0.129 e. The topological polar surface area (TPSA) is 21.3 Å². The largest absolute Gasteiger partial charge is 0.368 e. The highest BCUT2D eigenvalue weighted by Gasteiger charge is 2.28. The van der Waals surface area contributed by atoms with E-state index >= 15 is 0 Å². The Bertz CT molecular complexity index is 444.